The second kappa shape index (κ2) is 4.12. The molecular formula is C8H14N4. The van der Waals surface area contributed by atoms with E-state index in [2.05, 4.69) is 16.9 Å². The summed E-state index contributed by atoms with van der Waals surface area (Å²) in [5.41, 5.74) is 8.13. The predicted molar refractivity (Wildman–Crippen MR) is 48.2 cm³/mol. The highest BCUT2D eigenvalue weighted by atomic mass is 15.1. The Morgan fingerprint density at radius 1 is 1.67 bits per heavy atom. The summed E-state index contributed by atoms with van der Waals surface area (Å²) >= 11 is 0. The minimum atomic E-state index is 0.406. The molecule has 1 rings (SSSR count). The molecule has 0 heterocycles. The molecule has 0 amide bonds. The summed E-state index contributed by atoms with van der Waals surface area (Å²) in [6.45, 7) is 2.76. The summed E-state index contributed by atoms with van der Waals surface area (Å²) in [6.07, 6.45) is 3.64. The van der Waals surface area contributed by atoms with E-state index in [0.717, 1.165) is 12.8 Å². The van der Waals surface area contributed by atoms with Crippen molar-refractivity contribution in [2.75, 3.05) is 6.54 Å². The van der Waals surface area contributed by atoms with Gasteiger partial charge in [-0.05, 0) is 42.3 Å². The van der Waals surface area contributed by atoms with Gasteiger partial charge in [0.1, 0.15) is 0 Å². The number of nitrogens with one attached hydrogen (secondary N) is 1. The van der Waals surface area contributed by atoms with E-state index in [4.69, 9.17) is 10.9 Å². The minimum Gasteiger partial charge on any atom is -0.313 e. The average molecular weight is 166 g/mol. The Morgan fingerprint density at radius 2 is 2.42 bits per heavy atom. The predicted octanol–water partition coefficient (Wildman–Crippen LogP) is 2.61. The number of azide groups is 1. The SMILES string of the molecule is CC1CC(CN=[N+]=[N-])CC1C=N. The van der Waals surface area contributed by atoms with Gasteiger partial charge in [0, 0.05) is 11.5 Å². The maximum atomic E-state index is 8.13. The summed E-state index contributed by atoms with van der Waals surface area (Å²) in [6, 6.07) is 0. The summed E-state index contributed by atoms with van der Waals surface area (Å²) < 4.78 is 0. The van der Waals surface area contributed by atoms with Crippen molar-refractivity contribution in [3.63, 3.8) is 0 Å². The van der Waals surface area contributed by atoms with Crippen LogP contribution in [0.4, 0.5) is 0 Å². The van der Waals surface area contributed by atoms with E-state index in [0.29, 0.717) is 24.3 Å². The van der Waals surface area contributed by atoms with Gasteiger partial charge in [0.2, 0.25) is 0 Å². The first-order chi connectivity index (χ1) is 5.77. The average Bonchev–Trinajstić information content (AvgIpc) is 2.43. The highest BCUT2D eigenvalue weighted by Crippen LogP contribution is 2.34. The van der Waals surface area contributed by atoms with Crippen LogP contribution in [-0.4, -0.2) is 12.8 Å². The van der Waals surface area contributed by atoms with Gasteiger partial charge in [-0.25, -0.2) is 0 Å². The van der Waals surface area contributed by atoms with Crippen LogP contribution in [0.25, 0.3) is 10.4 Å². The van der Waals surface area contributed by atoms with Crippen LogP contribution in [0.5, 0.6) is 0 Å². The van der Waals surface area contributed by atoms with E-state index in [9.17, 15) is 0 Å². The lowest BCUT2D eigenvalue weighted by Crippen LogP contribution is -2.03. The van der Waals surface area contributed by atoms with E-state index in [1.165, 1.54) is 6.21 Å². The highest BCUT2D eigenvalue weighted by molar-refractivity contribution is 5.57. The Labute approximate surface area is 72.1 Å². The molecule has 1 aliphatic rings. The van der Waals surface area contributed by atoms with Crippen LogP contribution >= 0.6 is 0 Å². The molecule has 0 aromatic rings. The first-order valence-electron chi connectivity index (χ1n) is 4.29. The van der Waals surface area contributed by atoms with Gasteiger partial charge in [-0.3, -0.25) is 0 Å². The van der Waals surface area contributed by atoms with E-state index < -0.39 is 0 Å². The van der Waals surface area contributed by atoms with Gasteiger partial charge in [0.25, 0.3) is 0 Å². The zero-order chi connectivity index (χ0) is 8.97. The van der Waals surface area contributed by atoms with Gasteiger partial charge in [-0.1, -0.05) is 12.0 Å². The molecule has 0 bridgehead atoms. The van der Waals surface area contributed by atoms with Crippen molar-refractivity contribution >= 4 is 6.21 Å². The van der Waals surface area contributed by atoms with Gasteiger partial charge < -0.3 is 5.41 Å². The van der Waals surface area contributed by atoms with Crippen LogP contribution in [0.15, 0.2) is 5.11 Å². The monoisotopic (exact) mass is 166 g/mol. The van der Waals surface area contributed by atoms with Crippen LogP contribution < -0.4 is 0 Å². The molecule has 12 heavy (non-hydrogen) atoms. The standard InChI is InChI=1S/C8H14N4/c1-6-2-7(5-11-12-10)3-8(6)4-9/h4,6-9H,2-3,5H2,1H3. The lowest BCUT2D eigenvalue weighted by Gasteiger charge is -2.05. The summed E-state index contributed by atoms with van der Waals surface area (Å²) in [7, 11) is 0. The van der Waals surface area contributed by atoms with Crippen molar-refractivity contribution < 1.29 is 0 Å². The maximum Gasteiger partial charge on any atom is 0.0286 e. The van der Waals surface area contributed by atoms with Crippen LogP contribution in [0.2, 0.25) is 0 Å². The smallest absolute Gasteiger partial charge is 0.0286 e. The van der Waals surface area contributed by atoms with Crippen LogP contribution in [0.3, 0.4) is 0 Å². The third-order valence-corrected chi connectivity index (χ3v) is 2.66. The fourth-order valence-corrected chi connectivity index (χ4v) is 1.95. The molecule has 0 radical (unpaired) electrons. The molecule has 3 unspecified atom stereocenters. The number of hydrogen-bond donors (Lipinski definition) is 1. The van der Waals surface area contributed by atoms with Gasteiger partial charge in [-0.15, -0.1) is 0 Å². The fourth-order valence-electron chi connectivity index (χ4n) is 1.95. The molecule has 4 nitrogen and oxygen atoms in total. The zero-order valence-corrected chi connectivity index (χ0v) is 7.27. The van der Waals surface area contributed by atoms with Crippen molar-refractivity contribution in [3.05, 3.63) is 10.4 Å². The minimum absolute atomic E-state index is 0.406. The Balaban J connectivity index is 2.42. The van der Waals surface area contributed by atoms with Crippen molar-refractivity contribution in [2.45, 2.75) is 19.8 Å². The second-order valence-corrected chi connectivity index (χ2v) is 3.56. The van der Waals surface area contributed by atoms with Gasteiger partial charge >= 0.3 is 0 Å². The molecule has 1 N–H and O–H groups in total. The first kappa shape index (κ1) is 9.07. The van der Waals surface area contributed by atoms with Gasteiger partial charge in [0.05, 0.1) is 0 Å². The van der Waals surface area contributed by atoms with Crippen molar-refractivity contribution in [1.82, 2.24) is 0 Å². The lowest BCUT2D eigenvalue weighted by atomic mass is 10.0. The molecule has 3 atom stereocenters. The number of nitrogens with zero attached hydrogens (tertiary/aromatic N) is 3. The van der Waals surface area contributed by atoms with Crippen molar-refractivity contribution in [1.29, 1.82) is 5.41 Å². The summed E-state index contributed by atoms with van der Waals surface area (Å²) in [5, 5.41) is 10.7. The topological polar surface area (TPSA) is 72.6 Å². The van der Waals surface area contributed by atoms with E-state index in [1.54, 1.807) is 0 Å². The van der Waals surface area contributed by atoms with Gasteiger partial charge in [-0.2, -0.15) is 0 Å². The van der Waals surface area contributed by atoms with Crippen LogP contribution in [-0.2, 0) is 0 Å². The highest BCUT2D eigenvalue weighted by Gasteiger charge is 2.28. The molecule has 1 fully saturated rings. The normalized spacial score (nSPS) is 34.2. The molecule has 4 heteroatoms. The molecule has 66 valence electrons. The fraction of sp³-hybridized carbons (Fsp3) is 0.875. The van der Waals surface area contributed by atoms with E-state index >= 15 is 0 Å². The third-order valence-electron chi connectivity index (χ3n) is 2.66. The molecule has 0 aromatic heterocycles. The molecule has 0 aromatic carbocycles. The molecule has 0 saturated heterocycles. The molecular weight excluding hydrogens is 152 g/mol. The quantitative estimate of drug-likeness (QED) is 0.290. The number of rotatable bonds is 3. The molecule has 0 spiro atoms. The Hall–Kier alpha value is -1.02. The lowest BCUT2D eigenvalue weighted by molar-refractivity contribution is 0.516. The Morgan fingerprint density at radius 3 is 2.92 bits per heavy atom. The Bertz CT molecular complexity index is 207. The molecule has 1 aliphatic carbocycles. The zero-order valence-electron chi connectivity index (χ0n) is 7.27. The third kappa shape index (κ3) is 1.98. The van der Waals surface area contributed by atoms with Crippen molar-refractivity contribution in [2.24, 2.45) is 22.9 Å². The Kier molecular flexibility index (Phi) is 3.11. The number of hydrogen-bond acceptors (Lipinski definition) is 2. The summed E-state index contributed by atoms with van der Waals surface area (Å²) in [5.74, 6) is 1.49. The summed E-state index contributed by atoms with van der Waals surface area (Å²) in [4.78, 5) is 2.74. The van der Waals surface area contributed by atoms with Crippen molar-refractivity contribution in [3.8, 4) is 0 Å². The largest absolute Gasteiger partial charge is 0.313 e. The maximum absolute atomic E-state index is 8.13. The van der Waals surface area contributed by atoms with E-state index in [1.807, 2.05) is 0 Å². The molecule has 1 saturated carbocycles. The first-order valence-corrected chi connectivity index (χ1v) is 4.29. The van der Waals surface area contributed by atoms with E-state index in [-0.39, 0.29) is 0 Å². The van der Waals surface area contributed by atoms with Gasteiger partial charge in [0.15, 0.2) is 0 Å². The van der Waals surface area contributed by atoms with Crippen LogP contribution in [0.1, 0.15) is 19.8 Å². The second-order valence-electron chi connectivity index (χ2n) is 3.56. The molecule has 0 aliphatic heterocycles. The van der Waals surface area contributed by atoms with Crippen LogP contribution in [0, 0.1) is 23.2 Å².